The van der Waals surface area contributed by atoms with Gasteiger partial charge in [-0.1, -0.05) is 41.4 Å². The van der Waals surface area contributed by atoms with Gasteiger partial charge < -0.3 is 4.98 Å². The minimum Gasteiger partial charge on any atom is -0.361 e. The Balaban J connectivity index is 2.18. The molecule has 3 rings (SSSR count). The largest absolute Gasteiger partial charge is 0.361 e. The molecule has 0 aliphatic carbocycles. The standard InChI is InChI=1S/C16H12Cl2N2O2/c17-10-5-6-16-12(7-10)13(8-19-16)14(9-20(21)22)11-3-1-2-4-15(11)18/h1-8,14,19H,9H2. The summed E-state index contributed by atoms with van der Waals surface area (Å²) in [6.45, 7) is -0.233. The second-order valence-corrected chi connectivity index (χ2v) is 5.87. The molecule has 0 radical (unpaired) electrons. The van der Waals surface area contributed by atoms with Crippen molar-refractivity contribution in [3.05, 3.63) is 79.9 Å². The Hall–Kier alpha value is -2.04. The number of rotatable bonds is 4. The number of hydrogen-bond donors (Lipinski definition) is 1. The van der Waals surface area contributed by atoms with Crippen LogP contribution in [-0.2, 0) is 0 Å². The van der Waals surface area contributed by atoms with Gasteiger partial charge in [-0.25, -0.2) is 0 Å². The van der Waals surface area contributed by atoms with Gasteiger partial charge in [-0.3, -0.25) is 10.1 Å². The van der Waals surface area contributed by atoms with Crippen LogP contribution in [0, 0.1) is 10.1 Å². The molecule has 22 heavy (non-hydrogen) atoms. The summed E-state index contributed by atoms with van der Waals surface area (Å²) in [6, 6.07) is 12.6. The van der Waals surface area contributed by atoms with Crippen LogP contribution in [0.15, 0.2) is 48.7 Å². The maximum absolute atomic E-state index is 11.1. The van der Waals surface area contributed by atoms with Gasteiger partial charge in [0, 0.05) is 32.1 Å². The average Bonchev–Trinajstić information content (AvgIpc) is 2.88. The monoisotopic (exact) mass is 334 g/mol. The van der Waals surface area contributed by atoms with Gasteiger partial charge in [-0.2, -0.15) is 0 Å². The lowest BCUT2D eigenvalue weighted by molar-refractivity contribution is -0.481. The molecule has 0 saturated carbocycles. The van der Waals surface area contributed by atoms with Crippen LogP contribution < -0.4 is 0 Å². The number of H-pyrrole nitrogens is 1. The Bertz CT molecular complexity index is 845. The number of nitro groups is 1. The number of aromatic nitrogens is 1. The van der Waals surface area contributed by atoms with Gasteiger partial charge in [-0.05, 0) is 35.4 Å². The molecule has 4 nitrogen and oxygen atoms in total. The summed E-state index contributed by atoms with van der Waals surface area (Å²) in [7, 11) is 0. The van der Waals surface area contributed by atoms with E-state index in [1.54, 1.807) is 24.4 Å². The van der Waals surface area contributed by atoms with Crippen LogP contribution in [0.4, 0.5) is 0 Å². The fourth-order valence-electron chi connectivity index (χ4n) is 2.67. The molecular formula is C16H12Cl2N2O2. The van der Waals surface area contributed by atoms with Crippen molar-refractivity contribution in [3.8, 4) is 0 Å². The summed E-state index contributed by atoms with van der Waals surface area (Å²) in [5.41, 5.74) is 2.45. The maximum atomic E-state index is 11.1. The van der Waals surface area contributed by atoms with Crippen LogP contribution in [0.25, 0.3) is 10.9 Å². The highest BCUT2D eigenvalue weighted by atomic mass is 35.5. The molecule has 0 bridgehead atoms. The smallest absolute Gasteiger partial charge is 0.214 e. The van der Waals surface area contributed by atoms with E-state index in [-0.39, 0.29) is 11.5 Å². The zero-order chi connectivity index (χ0) is 15.7. The van der Waals surface area contributed by atoms with Crippen molar-refractivity contribution in [2.45, 2.75) is 5.92 Å². The summed E-state index contributed by atoms with van der Waals surface area (Å²) in [5.74, 6) is -0.434. The van der Waals surface area contributed by atoms with Crippen LogP contribution in [0.5, 0.6) is 0 Å². The number of nitrogens with one attached hydrogen (secondary N) is 1. The average molecular weight is 335 g/mol. The number of fused-ring (bicyclic) bond motifs is 1. The molecule has 6 heteroatoms. The summed E-state index contributed by atoms with van der Waals surface area (Å²) < 4.78 is 0. The Morgan fingerprint density at radius 1 is 1.14 bits per heavy atom. The topological polar surface area (TPSA) is 58.9 Å². The second kappa shape index (κ2) is 5.99. The van der Waals surface area contributed by atoms with E-state index in [1.165, 1.54) is 0 Å². The van der Waals surface area contributed by atoms with Gasteiger partial charge in [0.05, 0.1) is 5.92 Å². The Labute approximate surface area is 136 Å². The summed E-state index contributed by atoms with van der Waals surface area (Å²) in [6.07, 6.45) is 1.79. The van der Waals surface area contributed by atoms with E-state index < -0.39 is 5.92 Å². The van der Waals surface area contributed by atoms with Gasteiger partial charge in [0.25, 0.3) is 0 Å². The van der Waals surface area contributed by atoms with E-state index in [1.807, 2.05) is 24.3 Å². The van der Waals surface area contributed by atoms with Gasteiger partial charge in [-0.15, -0.1) is 0 Å². The molecule has 0 saturated heterocycles. The SMILES string of the molecule is O=[N+]([O-])CC(c1ccccc1Cl)c1c[nH]c2ccc(Cl)cc12. The number of halogens is 2. The number of aromatic amines is 1. The first-order chi connectivity index (χ1) is 10.6. The van der Waals surface area contributed by atoms with Crippen molar-refractivity contribution in [3.63, 3.8) is 0 Å². The lowest BCUT2D eigenvalue weighted by Gasteiger charge is -2.14. The highest BCUT2D eigenvalue weighted by Gasteiger charge is 2.25. The van der Waals surface area contributed by atoms with E-state index >= 15 is 0 Å². The number of benzene rings is 2. The quantitative estimate of drug-likeness (QED) is 0.545. The summed E-state index contributed by atoms with van der Waals surface area (Å²) in [4.78, 5) is 13.9. The molecule has 1 unspecified atom stereocenters. The summed E-state index contributed by atoms with van der Waals surface area (Å²) >= 11 is 12.3. The van der Waals surface area contributed by atoms with Gasteiger partial charge >= 0.3 is 0 Å². The number of nitrogens with zero attached hydrogens (tertiary/aromatic N) is 1. The van der Waals surface area contributed by atoms with E-state index in [2.05, 4.69) is 4.98 Å². The lowest BCUT2D eigenvalue weighted by atomic mass is 9.91. The van der Waals surface area contributed by atoms with Crippen LogP contribution in [0.2, 0.25) is 10.0 Å². The van der Waals surface area contributed by atoms with Gasteiger partial charge in [0.1, 0.15) is 0 Å². The van der Waals surface area contributed by atoms with Crippen LogP contribution >= 0.6 is 23.2 Å². The maximum Gasteiger partial charge on any atom is 0.214 e. The molecule has 1 aromatic heterocycles. The van der Waals surface area contributed by atoms with Gasteiger partial charge in [0.2, 0.25) is 6.54 Å². The van der Waals surface area contributed by atoms with Crippen LogP contribution in [0.3, 0.4) is 0 Å². The molecule has 0 aliphatic heterocycles. The number of hydrogen-bond acceptors (Lipinski definition) is 2. The molecule has 0 spiro atoms. The van der Waals surface area contributed by atoms with Crippen molar-refractivity contribution < 1.29 is 4.92 Å². The van der Waals surface area contributed by atoms with E-state index in [4.69, 9.17) is 23.2 Å². The van der Waals surface area contributed by atoms with Crippen molar-refractivity contribution in [2.75, 3.05) is 6.54 Å². The van der Waals surface area contributed by atoms with Crippen molar-refractivity contribution in [1.82, 2.24) is 4.98 Å². The minimum atomic E-state index is -0.434. The minimum absolute atomic E-state index is 0.233. The van der Waals surface area contributed by atoms with Gasteiger partial charge in [0.15, 0.2) is 0 Å². The lowest BCUT2D eigenvalue weighted by Crippen LogP contribution is -2.14. The zero-order valence-electron chi connectivity index (χ0n) is 11.4. The van der Waals surface area contributed by atoms with E-state index in [9.17, 15) is 10.1 Å². The second-order valence-electron chi connectivity index (χ2n) is 5.02. The van der Waals surface area contributed by atoms with Crippen molar-refractivity contribution >= 4 is 34.1 Å². The highest BCUT2D eigenvalue weighted by Crippen LogP contribution is 2.35. The van der Waals surface area contributed by atoms with Crippen LogP contribution in [-0.4, -0.2) is 16.5 Å². The molecule has 112 valence electrons. The first-order valence-electron chi connectivity index (χ1n) is 6.69. The van der Waals surface area contributed by atoms with E-state index in [0.717, 1.165) is 22.0 Å². The van der Waals surface area contributed by atoms with Crippen LogP contribution in [0.1, 0.15) is 17.0 Å². The fraction of sp³-hybridized carbons (Fsp3) is 0.125. The fourth-order valence-corrected chi connectivity index (χ4v) is 3.11. The molecule has 3 aromatic rings. The zero-order valence-corrected chi connectivity index (χ0v) is 12.9. The van der Waals surface area contributed by atoms with Crippen molar-refractivity contribution in [2.24, 2.45) is 0 Å². The molecule has 1 heterocycles. The molecule has 0 amide bonds. The Kier molecular flexibility index (Phi) is 4.05. The third-order valence-electron chi connectivity index (χ3n) is 3.66. The molecule has 0 fully saturated rings. The predicted octanol–water partition coefficient (Wildman–Crippen LogP) is 4.88. The van der Waals surface area contributed by atoms with E-state index in [0.29, 0.717) is 10.0 Å². The molecule has 1 atom stereocenters. The van der Waals surface area contributed by atoms with Crippen molar-refractivity contribution in [1.29, 1.82) is 0 Å². The Morgan fingerprint density at radius 3 is 2.64 bits per heavy atom. The molecular weight excluding hydrogens is 323 g/mol. The predicted molar refractivity (Wildman–Crippen MR) is 88.5 cm³/mol. The molecule has 0 aliphatic rings. The highest BCUT2D eigenvalue weighted by molar-refractivity contribution is 6.31. The normalized spacial score (nSPS) is 12.5. The third-order valence-corrected chi connectivity index (χ3v) is 4.24. The third kappa shape index (κ3) is 2.80. The molecule has 1 N–H and O–H groups in total. The first kappa shape index (κ1) is 14.9. The summed E-state index contributed by atoms with van der Waals surface area (Å²) in [5, 5.41) is 13.1. The Morgan fingerprint density at radius 2 is 1.91 bits per heavy atom. The molecule has 2 aromatic carbocycles. The first-order valence-corrected chi connectivity index (χ1v) is 7.44.